The van der Waals surface area contributed by atoms with Crippen molar-refractivity contribution in [1.29, 1.82) is 0 Å². The molecular formula is C16H21N3O2S. The molecule has 1 aromatic heterocycles. The Morgan fingerprint density at radius 3 is 2.91 bits per heavy atom. The molecule has 1 fully saturated rings. The molecule has 118 valence electrons. The van der Waals surface area contributed by atoms with E-state index in [0.29, 0.717) is 6.54 Å². The van der Waals surface area contributed by atoms with E-state index < -0.39 is 10.0 Å². The first-order valence-electron chi connectivity index (χ1n) is 7.39. The van der Waals surface area contributed by atoms with E-state index in [1.165, 1.54) is 22.3 Å². The quantitative estimate of drug-likeness (QED) is 0.909. The van der Waals surface area contributed by atoms with Crippen LogP contribution in [0.1, 0.15) is 17.7 Å². The molecule has 0 unspecified atom stereocenters. The predicted octanol–water partition coefficient (Wildman–Crippen LogP) is 2.43. The Balaban J connectivity index is 1.89. The van der Waals surface area contributed by atoms with Gasteiger partial charge in [0, 0.05) is 46.8 Å². The lowest BCUT2D eigenvalue weighted by Gasteiger charge is -2.20. The van der Waals surface area contributed by atoms with E-state index in [9.17, 15) is 8.42 Å². The van der Waals surface area contributed by atoms with Gasteiger partial charge in [-0.05, 0) is 38.0 Å². The molecule has 1 atom stereocenters. The van der Waals surface area contributed by atoms with Gasteiger partial charge in [-0.25, -0.2) is 13.1 Å². The zero-order valence-corrected chi connectivity index (χ0v) is 13.7. The van der Waals surface area contributed by atoms with E-state index in [1.807, 2.05) is 6.07 Å². The number of hydrogen-bond acceptors (Lipinski definition) is 3. The fourth-order valence-corrected chi connectivity index (χ4v) is 3.89. The molecule has 0 amide bonds. The minimum absolute atomic E-state index is 0.0707. The molecule has 0 bridgehead atoms. The van der Waals surface area contributed by atoms with Gasteiger partial charge in [-0.2, -0.15) is 0 Å². The van der Waals surface area contributed by atoms with Crippen LogP contribution in [-0.4, -0.2) is 32.5 Å². The van der Waals surface area contributed by atoms with E-state index in [-0.39, 0.29) is 6.04 Å². The number of anilines is 1. The lowest BCUT2D eigenvalue weighted by molar-refractivity contribution is 0.570. The van der Waals surface area contributed by atoms with Crippen LogP contribution >= 0.6 is 0 Å². The average molecular weight is 319 g/mol. The van der Waals surface area contributed by atoms with Crippen molar-refractivity contribution in [3.63, 3.8) is 0 Å². The normalized spacial score (nSPS) is 19.0. The van der Waals surface area contributed by atoms with Crippen molar-refractivity contribution >= 4 is 26.6 Å². The number of nitrogens with one attached hydrogen (secondary N) is 2. The van der Waals surface area contributed by atoms with Gasteiger partial charge in [0.15, 0.2) is 0 Å². The van der Waals surface area contributed by atoms with E-state index in [0.717, 1.165) is 23.9 Å². The summed E-state index contributed by atoms with van der Waals surface area (Å²) >= 11 is 0. The number of sulfonamides is 1. The van der Waals surface area contributed by atoms with Crippen molar-refractivity contribution in [2.24, 2.45) is 0 Å². The summed E-state index contributed by atoms with van der Waals surface area (Å²) in [4.78, 5) is 5.65. The Morgan fingerprint density at radius 2 is 2.18 bits per heavy atom. The predicted molar refractivity (Wildman–Crippen MR) is 90.6 cm³/mol. The highest BCUT2D eigenvalue weighted by atomic mass is 32.2. The average Bonchev–Trinajstić information content (AvgIpc) is 3.04. The Morgan fingerprint density at radius 1 is 1.41 bits per heavy atom. The molecule has 1 aromatic carbocycles. The third kappa shape index (κ3) is 2.64. The molecule has 5 nitrogen and oxygen atoms in total. The maximum Gasteiger partial charge on any atom is 0.233 e. The van der Waals surface area contributed by atoms with E-state index in [1.54, 1.807) is 0 Å². The van der Waals surface area contributed by atoms with Gasteiger partial charge in [0.2, 0.25) is 10.0 Å². The first kappa shape index (κ1) is 15.1. The smallest absolute Gasteiger partial charge is 0.233 e. The number of aromatic amines is 1. The summed E-state index contributed by atoms with van der Waals surface area (Å²) in [7, 11) is -3.37. The summed E-state index contributed by atoms with van der Waals surface area (Å²) in [6.07, 6.45) is 0.798. The molecule has 0 aliphatic carbocycles. The van der Waals surface area contributed by atoms with E-state index in [4.69, 9.17) is 0 Å². The number of rotatable bonds is 4. The number of nitrogens with zero attached hydrogens (tertiary/aromatic N) is 1. The molecule has 3 rings (SSSR count). The Labute approximate surface area is 131 Å². The number of benzene rings is 1. The number of H-pyrrole nitrogens is 1. The first-order chi connectivity index (χ1) is 10.4. The van der Waals surface area contributed by atoms with Gasteiger partial charge in [0.25, 0.3) is 0 Å². The lowest BCUT2D eigenvalue weighted by atomic mass is 10.1. The van der Waals surface area contributed by atoms with Crippen molar-refractivity contribution in [3.05, 3.63) is 41.4 Å². The highest BCUT2D eigenvalue weighted by Gasteiger charge is 2.27. The third-order valence-corrected chi connectivity index (χ3v) is 5.48. The zero-order valence-electron chi connectivity index (χ0n) is 12.9. The Kier molecular flexibility index (Phi) is 3.74. The standard InChI is InChI=1S/C16H21N3O2S/c1-4-22(20,21)18-13-8-9-19(10-13)15-7-5-6-14-16(15)11(2)12(3)17-14/h4-7,13,17-18H,1,8-10H2,2-3H3/t13-/m1/s1. The topological polar surface area (TPSA) is 65.2 Å². The minimum atomic E-state index is -3.37. The van der Waals surface area contributed by atoms with Crippen LogP contribution in [0.15, 0.2) is 30.2 Å². The SMILES string of the molecule is C=CS(=O)(=O)N[C@@H]1CCN(c2cccc3[nH]c(C)c(C)c23)C1. The number of aromatic nitrogens is 1. The van der Waals surface area contributed by atoms with Crippen LogP contribution in [-0.2, 0) is 10.0 Å². The van der Waals surface area contributed by atoms with Crippen LogP contribution in [0, 0.1) is 13.8 Å². The second-order valence-corrected chi connectivity index (χ2v) is 7.49. The highest BCUT2D eigenvalue weighted by Crippen LogP contribution is 2.33. The Bertz CT molecular complexity index is 823. The molecule has 2 heterocycles. The number of fused-ring (bicyclic) bond motifs is 1. The van der Waals surface area contributed by atoms with Gasteiger partial charge in [-0.15, -0.1) is 0 Å². The van der Waals surface area contributed by atoms with Crippen LogP contribution in [0.4, 0.5) is 5.69 Å². The second-order valence-electron chi connectivity index (χ2n) is 5.84. The summed E-state index contributed by atoms with van der Waals surface area (Å²) in [5.74, 6) is 0. The van der Waals surface area contributed by atoms with E-state index in [2.05, 4.69) is 47.2 Å². The molecule has 2 N–H and O–H groups in total. The highest BCUT2D eigenvalue weighted by molar-refractivity contribution is 7.92. The van der Waals surface area contributed by atoms with Crippen molar-refractivity contribution < 1.29 is 8.42 Å². The monoisotopic (exact) mass is 319 g/mol. The molecule has 0 radical (unpaired) electrons. The lowest BCUT2D eigenvalue weighted by Crippen LogP contribution is -2.35. The maximum atomic E-state index is 11.6. The summed E-state index contributed by atoms with van der Waals surface area (Å²) < 4.78 is 25.9. The zero-order chi connectivity index (χ0) is 15.9. The molecule has 22 heavy (non-hydrogen) atoms. The van der Waals surface area contributed by atoms with Gasteiger partial charge >= 0.3 is 0 Å². The molecule has 0 saturated carbocycles. The summed E-state index contributed by atoms with van der Waals surface area (Å²) in [6.45, 7) is 9.05. The van der Waals surface area contributed by atoms with Crippen molar-refractivity contribution in [2.75, 3.05) is 18.0 Å². The fraction of sp³-hybridized carbons (Fsp3) is 0.375. The molecule has 1 aliphatic rings. The third-order valence-electron chi connectivity index (χ3n) is 4.38. The van der Waals surface area contributed by atoms with Crippen LogP contribution < -0.4 is 9.62 Å². The van der Waals surface area contributed by atoms with E-state index >= 15 is 0 Å². The van der Waals surface area contributed by atoms with Gasteiger partial charge in [-0.1, -0.05) is 12.6 Å². The molecule has 6 heteroatoms. The summed E-state index contributed by atoms with van der Waals surface area (Å²) in [5, 5.41) is 2.20. The van der Waals surface area contributed by atoms with Gasteiger partial charge in [0.1, 0.15) is 0 Å². The fourth-order valence-electron chi connectivity index (χ4n) is 3.14. The van der Waals surface area contributed by atoms with Crippen molar-refractivity contribution in [2.45, 2.75) is 26.3 Å². The second kappa shape index (κ2) is 5.44. The van der Waals surface area contributed by atoms with Gasteiger partial charge in [0.05, 0.1) is 0 Å². The molecule has 2 aromatic rings. The van der Waals surface area contributed by atoms with Crippen molar-refractivity contribution in [3.8, 4) is 0 Å². The molecule has 1 saturated heterocycles. The maximum absolute atomic E-state index is 11.6. The van der Waals surface area contributed by atoms with Crippen LogP contribution in [0.3, 0.4) is 0 Å². The van der Waals surface area contributed by atoms with Gasteiger partial charge < -0.3 is 9.88 Å². The molecule has 1 aliphatic heterocycles. The van der Waals surface area contributed by atoms with Crippen LogP contribution in [0.5, 0.6) is 0 Å². The molecule has 0 spiro atoms. The largest absolute Gasteiger partial charge is 0.369 e. The van der Waals surface area contributed by atoms with Gasteiger partial charge in [-0.3, -0.25) is 0 Å². The minimum Gasteiger partial charge on any atom is -0.369 e. The number of aryl methyl sites for hydroxylation is 2. The number of hydrogen-bond donors (Lipinski definition) is 2. The van der Waals surface area contributed by atoms with Crippen LogP contribution in [0.25, 0.3) is 10.9 Å². The first-order valence-corrected chi connectivity index (χ1v) is 8.93. The Hall–Kier alpha value is -1.79. The summed E-state index contributed by atoms with van der Waals surface area (Å²) in [6, 6.07) is 6.15. The summed E-state index contributed by atoms with van der Waals surface area (Å²) in [5.41, 5.74) is 4.72. The van der Waals surface area contributed by atoms with Crippen LogP contribution in [0.2, 0.25) is 0 Å². The van der Waals surface area contributed by atoms with Crippen molar-refractivity contribution in [1.82, 2.24) is 9.71 Å². The molecular weight excluding hydrogens is 298 g/mol.